The van der Waals surface area contributed by atoms with E-state index in [-0.39, 0.29) is 5.91 Å². The van der Waals surface area contributed by atoms with Gasteiger partial charge in [-0.15, -0.1) is 11.8 Å². The van der Waals surface area contributed by atoms with E-state index in [1.54, 1.807) is 18.0 Å². The van der Waals surface area contributed by atoms with Crippen molar-refractivity contribution >= 4 is 39.4 Å². The molecule has 0 aliphatic carbocycles. The second-order valence-electron chi connectivity index (χ2n) is 6.10. The number of anilines is 1. The highest BCUT2D eigenvalue weighted by atomic mass is 79.9. The summed E-state index contributed by atoms with van der Waals surface area (Å²) in [6.45, 7) is 5.73. The number of amides is 1. The number of rotatable bonds is 6. The second-order valence-corrected chi connectivity index (χ2v) is 8.03. The van der Waals surface area contributed by atoms with Crippen molar-refractivity contribution in [2.45, 2.75) is 18.4 Å². The summed E-state index contributed by atoms with van der Waals surface area (Å²) in [5, 5.41) is 2.99. The van der Waals surface area contributed by atoms with Crippen molar-refractivity contribution in [1.82, 2.24) is 10.3 Å². The third-order valence-corrected chi connectivity index (χ3v) is 5.80. The molecule has 1 saturated heterocycles. The van der Waals surface area contributed by atoms with Gasteiger partial charge >= 0.3 is 0 Å². The zero-order valence-electron chi connectivity index (χ0n) is 14.7. The van der Waals surface area contributed by atoms with Gasteiger partial charge in [0.2, 0.25) is 5.91 Å². The summed E-state index contributed by atoms with van der Waals surface area (Å²) >= 11 is 5.02. The monoisotopic (exact) mass is 435 g/mol. The van der Waals surface area contributed by atoms with Crippen LogP contribution >= 0.6 is 27.7 Å². The van der Waals surface area contributed by atoms with Crippen molar-refractivity contribution in [2.75, 3.05) is 37.0 Å². The Morgan fingerprint density at radius 1 is 1.31 bits per heavy atom. The maximum absolute atomic E-state index is 12.2. The Bertz CT molecular complexity index is 766. The number of carbonyl (C=O) groups excluding carboxylic acids is 1. The minimum atomic E-state index is 0.0297. The summed E-state index contributed by atoms with van der Waals surface area (Å²) < 4.78 is 6.43. The largest absolute Gasteiger partial charge is 0.378 e. The highest BCUT2D eigenvalue weighted by Gasteiger charge is 2.13. The molecule has 1 aliphatic heterocycles. The molecule has 5 nitrogen and oxygen atoms in total. The first kappa shape index (κ1) is 19.2. The highest BCUT2D eigenvalue weighted by molar-refractivity contribution is 9.10. The molecule has 0 bridgehead atoms. The second kappa shape index (κ2) is 9.39. The third-order valence-electron chi connectivity index (χ3n) is 4.13. The smallest absolute Gasteiger partial charge is 0.230 e. The summed E-state index contributed by atoms with van der Waals surface area (Å²) in [5.41, 5.74) is 2.22. The van der Waals surface area contributed by atoms with Crippen LogP contribution in [0.1, 0.15) is 11.1 Å². The average Bonchev–Trinajstić information content (AvgIpc) is 2.66. The van der Waals surface area contributed by atoms with E-state index >= 15 is 0 Å². The molecule has 2 heterocycles. The number of thioether (sulfide) groups is 1. The van der Waals surface area contributed by atoms with Crippen molar-refractivity contribution in [3.8, 4) is 0 Å². The van der Waals surface area contributed by atoms with Crippen LogP contribution in [0.2, 0.25) is 0 Å². The van der Waals surface area contributed by atoms with Crippen molar-refractivity contribution < 1.29 is 9.53 Å². The first-order chi connectivity index (χ1) is 12.6. The van der Waals surface area contributed by atoms with Crippen LogP contribution in [-0.4, -0.2) is 42.9 Å². The van der Waals surface area contributed by atoms with Gasteiger partial charge in [0.05, 0.1) is 19.0 Å². The van der Waals surface area contributed by atoms with E-state index in [4.69, 9.17) is 4.74 Å². The standard InChI is InChI=1S/C19H22BrN3O2S/c1-14-10-16(20)2-3-17(14)26-13-19(24)22-12-15-4-5-21-18(11-15)23-6-8-25-9-7-23/h2-5,10-11H,6-9,12-13H2,1H3,(H,22,24). The van der Waals surface area contributed by atoms with Gasteiger partial charge in [0.15, 0.2) is 0 Å². The van der Waals surface area contributed by atoms with Crippen molar-refractivity contribution in [3.05, 3.63) is 52.1 Å². The fourth-order valence-corrected chi connectivity index (χ4v) is 4.02. The molecule has 138 valence electrons. The van der Waals surface area contributed by atoms with E-state index in [9.17, 15) is 4.79 Å². The van der Waals surface area contributed by atoms with Crippen LogP contribution in [0.15, 0.2) is 45.9 Å². The highest BCUT2D eigenvalue weighted by Crippen LogP contribution is 2.25. The zero-order valence-corrected chi connectivity index (χ0v) is 17.1. The van der Waals surface area contributed by atoms with Gasteiger partial charge in [0, 0.05) is 35.2 Å². The number of aromatic nitrogens is 1. The lowest BCUT2D eigenvalue weighted by Gasteiger charge is -2.28. The lowest BCUT2D eigenvalue weighted by Crippen LogP contribution is -2.36. The molecule has 0 saturated carbocycles. The molecule has 1 fully saturated rings. The molecule has 0 spiro atoms. The first-order valence-electron chi connectivity index (χ1n) is 8.55. The molecule has 2 aromatic rings. The predicted molar refractivity (Wildman–Crippen MR) is 109 cm³/mol. The van der Waals surface area contributed by atoms with E-state index in [0.29, 0.717) is 12.3 Å². The number of pyridine rings is 1. The molecule has 1 aromatic heterocycles. The van der Waals surface area contributed by atoms with Crippen LogP contribution in [0.4, 0.5) is 5.82 Å². The molecule has 3 rings (SSSR count). The van der Waals surface area contributed by atoms with Gasteiger partial charge in [-0.1, -0.05) is 15.9 Å². The Morgan fingerprint density at radius 3 is 2.88 bits per heavy atom. The molecule has 0 atom stereocenters. The minimum absolute atomic E-state index is 0.0297. The quantitative estimate of drug-likeness (QED) is 0.704. The van der Waals surface area contributed by atoms with Crippen LogP contribution in [0.5, 0.6) is 0 Å². The molecular weight excluding hydrogens is 414 g/mol. The molecule has 26 heavy (non-hydrogen) atoms. The summed E-state index contributed by atoms with van der Waals surface area (Å²) in [5.74, 6) is 1.38. The number of carbonyl (C=O) groups is 1. The number of benzene rings is 1. The van der Waals surface area contributed by atoms with E-state index in [0.717, 1.165) is 47.1 Å². The lowest BCUT2D eigenvalue weighted by molar-refractivity contribution is -0.118. The van der Waals surface area contributed by atoms with Gasteiger partial charge < -0.3 is 15.0 Å². The summed E-state index contributed by atoms with van der Waals surface area (Å²) in [6, 6.07) is 10.1. The fraction of sp³-hybridized carbons (Fsp3) is 0.368. The average molecular weight is 436 g/mol. The van der Waals surface area contributed by atoms with Crippen LogP contribution in [0, 0.1) is 6.92 Å². The molecule has 0 radical (unpaired) electrons. The number of hydrogen-bond acceptors (Lipinski definition) is 5. The number of ether oxygens (including phenoxy) is 1. The van der Waals surface area contributed by atoms with Crippen LogP contribution in [-0.2, 0) is 16.1 Å². The zero-order chi connectivity index (χ0) is 18.4. The minimum Gasteiger partial charge on any atom is -0.378 e. The number of halogens is 1. The Labute approximate surface area is 166 Å². The van der Waals surface area contributed by atoms with Gasteiger partial charge in [-0.2, -0.15) is 0 Å². The van der Waals surface area contributed by atoms with Gasteiger partial charge in [-0.05, 0) is 48.4 Å². The lowest BCUT2D eigenvalue weighted by atomic mass is 10.2. The molecule has 7 heteroatoms. The van der Waals surface area contributed by atoms with E-state index in [1.807, 2.05) is 24.3 Å². The number of nitrogens with one attached hydrogen (secondary N) is 1. The number of aryl methyl sites for hydroxylation is 1. The Kier molecular flexibility index (Phi) is 6.93. The van der Waals surface area contributed by atoms with E-state index < -0.39 is 0 Å². The van der Waals surface area contributed by atoms with Crippen molar-refractivity contribution in [3.63, 3.8) is 0 Å². The number of nitrogens with zero attached hydrogens (tertiary/aromatic N) is 2. The summed E-state index contributed by atoms with van der Waals surface area (Å²) in [7, 11) is 0. The first-order valence-corrected chi connectivity index (χ1v) is 10.3. The molecule has 1 aromatic carbocycles. The van der Waals surface area contributed by atoms with Crippen molar-refractivity contribution in [1.29, 1.82) is 0 Å². The van der Waals surface area contributed by atoms with Gasteiger partial charge in [0.25, 0.3) is 0 Å². The van der Waals surface area contributed by atoms with Gasteiger partial charge in [-0.3, -0.25) is 4.79 Å². The molecular formula is C19H22BrN3O2S. The van der Waals surface area contributed by atoms with Crippen LogP contribution < -0.4 is 10.2 Å². The third kappa shape index (κ3) is 5.46. The SMILES string of the molecule is Cc1cc(Br)ccc1SCC(=O)NCc1ccnc(N2CCOCC2)c1. The summed E-state index contributed by atoms with van der Waals surface area (Å²) in [6.07, 6.45) is 1.80. The van der Waals surface area contributed by atoms with Crippen LogP contribution in [0.25, 0.3) is 0 Å². The van der Waals surface area contributed by atoms with E-state index in [2.05, 4.69) is 44.1 Å². The van der Waals surface area contributed by atoms with Crippen LogP contribution in [0.3, 0.4) is 0 Å². The fourth-order valence-electron chi connectivity index (χ4n) is 2.71. The maximum Gasteiger partial charge on any atom is 0.230 e. The van der Waals surface area contributed by atoms with Crippen molar-refractivity contribution in [2.24, 2.45) is 0 Å². The maximum atomic E-state index is 12.2. The van der Waals surface area contributed by atoms with E-state index in [1.165, 1.54) is 5.56 Å². The van der Waals surface area contributed by atoms with Gasteiger partial charge in [0.1, 0.15) is 5.82 Å². The topological polar surface area (TPSA) is 54.5 Å². The number of hydrogen-bond donors (Lipinski definition) is 1. The molecule has 1 aliphatic rings. The Hall–Kier alpha value is -1.57. The van der Waals surface area contributed by atoms with Gasteiger partial charge in [-0.25, -0.2) is 4.98 Å². The number of morpholine rings is 1. The Morgan fingerprint density at radius 2 is 2.12 bits per heavy atom. The Balaban J connectivity index is 1.49. The predicted octanol–water partition coefficient (Wildman–Crippen LogP) is 3.40. The molecule has 0 unspecified atom stereocenters. The summed E-state index contributed by atoms with van der Waals surface area (Å²) in [4.78, 5) is 19.9. The molecule has 1 N–H and O–H groups in total. The normalized spacial score (nSPS) is 14.3. The molecule has 1 amide bonds.